The van der Waals surface area contributed by atoms with E-state index in [9.17, 15) is 4.79 Å². The lowest BCUT2D eigenvalue weighted by atomic mass is 10.1. The number of aromatic nitrogens is 2. The minimum atomic E-state index is 0.0476. The third kappa shape index (κ3) is 1.95. The van der Waals surface area contributed by atoms with Gasteiger partial charge < -0.3 is 15.1 Å². The molecule has 0 aliphatic carbocycles. The molecule has 3 rings (SSSR count). The van der Waals surface area contributed by atoms with Crippen LogP contribution in [0.4, 0.5) is 10.7 Å². The Hall–Kier alpha value is -1.37. The Bertz CT molecular complexity index is 431. The third-order valence-corrected chi connectivity index (χ3v) is 3.49. The van der Waals surface area contributed by atoms with Gasteiger partial charge in [0.25, 0.3) is 0 Å². The van der Waals surface area contributed by atoms with Gasteiger partial charge in [0.1, 0.15) is 0 Å². The van der Waals surface area contributed by atoms with Crippen molar-refractivity contribution in [3.8, 4) is 0 Å². The number of carbonyl (C=O) groups excluding carboxylic acids is 1. The van der Waals surface area contributed by atoms with Crippen LogP contribution >= 0.6 is 15.9 Å². The predicted molar refractivity (Wildman–Crippen MR) is 65.8 cm³/mol. The number of rotatable bonds is 2. The van der Waals surface area contributed by atoms with Gasteiger partial charge in [0.15, 0.2) is 0 Å². The summed E-state index contributed by atoms with van der Waals surface area (Å²) in [5.74, 6) is 0.726. The molecule has 2 aliphatic rings. The smallest absolute Gasteiger partial charge is 0.317 e. The molecule has 0 unspecified atom stereocenters. The summed E-state index contributed by atoms with van der Waals surface area (Å²) in [5.41, 5.74) is 0. The van der Waals surface area contributed by atoms with Crippen molar-refractivity contribution < 1.29 is 4.79 Å². The standard InChI is InChI=1S/C10H12BrN5O/c11-7-3-13-9(14-4-7)15-5-8(6-15)16-2-1-12-10(16)17/h3-4,8H,1-2,5-6H2,(H,12,17). The van der Waals surface area contributed by atoms with E-state index in [1.807, 2.05) is 4.90 Å². The maximum Gasteiger partial charge on any atom is 0.317 e. The van der Waals surface area contributed by atoms with Crippen LogP contribution < -0.4 is 10.2 Å². The lowest BCUT2D eigenvalue weighted by Gasteiger charge is -2.43. The zero-order chi connectivity index (χ0) is 11.8. The fraction of sp³-hybridized carbons (Fsp3) is 0.500. The van der Waals surface area contributed by atoms with Crippen molar-refractivity contribution in [2.75, 3.05) is 31.1 Å². The summed E-state index contributed by atoms with van der Waals surface area (Å²) in [6.45, 7) is 3.19. The Morgan fingerprint density at radius 3 is 2.65 bits per heavy atom. The first-order valence-corrected chi connectivity index (χ1v) is 6.30. The lowest BCUT2D eigenvalue weighted by molar-refractivity contribution is 0.184. The van der Waals surface area contributed by atoms with Crippen LogP contribution in [-0.2, 0) is 0 Å². The SMILES string of the molecule is O=C1NCCN1C1CN(c2ncc(Br)cn2)C1. The van der Waals surface area contributed by atoms with Crippen molar-refractivity contribution in [1.29, 1.82) is 0 Å². The summed E-state index contributed by atoms with van der Waals surface area (Å²) in [4.78, 5) is 23.9. The van der Waals surface area contributed by atoms with Crippen LogP contribution in [0.5, 0.6) is 0 Å². The van der Waals surface area contributed by atoms with Crippen LogP contribution in [0.25, 0.3) is 0 Å². The third-order valence-electron chi connectivity index (χ3n) is 3.08. The van der Waals surface area contributed by atoms with Gasteiger partial charge in [-0.3, -0.25) is 0 Å². The highest BCUT2D eigenvalue weighted by atomic mass is 79.9. The van der Waals surface area contributed by atoms with Gasteiger partial charge in [-0.25, -0.2) is 14.8 Å². The maximum absolute atomic E-state index is 11.5. The molecule has 2 amide bonds. The van der Waals surface area contributed by atoms with E-state index in [0.29, 0.717) is 6.04 Å². The molecule has 7 heteroatoms. The van der Waals surface area contributed by atoms with E-state index in [4.69, 9.17) is 0 Å². The number of hydrogen-bond donors (Lipinski definition) is 1. The molecule has 90 valence electrons. The summed E-state index contributed by atoms with van der Waals surface area (Å²) >= 11 is 3.30. The van der Waals surface area contributed by atoms with Crippen molar-refractivity contribution in [3.63, 3.8) is 0 Å². The number of amides is 2. The van der Waals surface area contributed by atoms with Gasteiger partial charge >= 0.3 is 6.03 Å². The molecule has 17 heavy (non-hydrogen) atoms. The minimum absolute atomic E-state index is 0.0476. The first-order valence-electron chi connectivity index (χ1n) is 5.51. The van der Waals surface area contributed by atoms with E-state index in [1.165, 1.54) is 0 Å². The number of carbonyl (C=O) groups is 1. The maximum atomic E-state index is 11.5. The minimum Gasteiger partial charge on any atom is -0.337 e. The Morgan fingerprint density at radius 2 is 2.06 bits per heavy atom. The van der Waals surface area contributed by atoms with E-state index in [1.54, 1.807) is 12.4 Å². The topological polar surface area (TPSA) is 61.4 Å². The molecule has 0 spiro atoms. The Labute approximate surface area is 107 Å². The molecule has 0 bridgehead atoms. The average molecular weight is 298 g/mol. The summed E-state index contributed by atoms with van der Waals surface area (Å²) in [6.07, 6.45) is 3.47. The van der Waals surface area contributed by atoms with Gasteiger partial charge in [-0.1, -0.05) is 0 Å². The Morgan fingerprint density at radius 1 is 1.35 bits per heavy atom. The largest absolute Gasteiger partial charge is 0.337 e. The zero-order valence-corrected chi connectivity index (χ0v) is 10.7. The van der Waals surface area contributed by atoms with Crippen molar-refractivity contribution >= 4 is 27.9 Å². The van der Waals surface area contributed by atoms with Gasteiger partial charge in [-0.15, -0.1) is 0 Å². The van der Waals surface area contributed by atoms with Crippen LogP contribution in [0.3, 0.4) is 0 Å². The lowest BCUT2D eigenvalue weighted by Crippen LogP contribution is -2.60. The molecular formula is C10H12BrN5O. The van der Waals surface area contributed by atoms with Gasteiger partial charge in [-0.05, 0) is 15.9 Å². The van der Waals surface area contributed by atoms with E-state index in [-0.39, 0.29) is 6.03 Å². The van der Waals surface area contributed by atoms with Crippen LogP contribution in [-0.4, -0.2) is 53.1 Å². The van der Waals surface area contributed by atoms with Crippen LogP contribution in [0, 0.1) is 0 Å². The summed E-state index contributed by atoms with van der Waals surface area (Å²) in [7, 11) is 0. The molecule has 0 radical (unpaired) electrons. The highest BCUT2D eigenvalue weighted by Gasteiger charge is 2.37. The molecular weight excluding hydrogens is 286 g/mol. The first kappa shape index (κ1) is 10.8. The molecule has 2 saturated heterocycles. The van der Waals surface area contributed by atoms with Gasteiger partial charge in [-0.2, -0.15) is 0 Å². The molecule has 1 aromatic heterocycles. The van der Waals surface area contributed by atoms with E-state index < -0.39 is 0 Å². The monoisotopic (exact) mass is 297 g/mol. The fourth-order valence-electron chi connectivity index (χ4n) is 2.12. The number of halogens is 1. The average Bonchev–Trinajstić information content (AvgIpc) is 2.66. The summed E-state index contributed by atoms with van der Waals surface area (Å²) in [5, 5.41) is 2.81. The van der Waals surface area contributed by atoms with Crippen LogP contribution in [0.2, 0.25) is 0 Å². The van der Waals surface area contributed by atoms with Gasteiger partial charge in [0.05, 0.1) is 10.5 Å². The molecule has 0 atom stereocenters. The highest BCUT2D eigenvalue weighted by molar-refractivity contribution is 9.10. The molecule has 1 aromatic rings. The van der Waals surface area contributed by atoms with Gasteiger partial charge in [0.2, 0.25) is 5.95 Å². The molecule has 1 N–H and O–H groups in total. The summed E-state index contributed by atoms with van der Waals surface area (Å²) < 4.78 is 0.872. The number of anilines is 1. The van der Waals surface area contributed by atoms with Crippen LogP contribution in [0.1, 0.15) is 0 Å². The van der Waals surface area contributed by atoms with E-state index >= 15 is 0 Å². The molecule has 0 aromatic carbocycles. The quantitative estimate of drug-likeness (QED) is 0.861. The molecule has 6 nitrogen and oxygen atoms in total. The number of urea groups is 1. The van der Waals surface area contributed by atoms with Crippen molar-refractivity contribution in [2.24, 2.45) is 0 Å². The second-order valence-electron chi connectivity index (χ2n) is 4.19. The molecule has 2 fully saturated rings. The molecule has 2 aliphatic heterocycles. The summed E-state index contributed by atoms with van der Waals surface area (Å²) in [6, 6.07) is 0.344. The second-order valence-corrected chi connectivity index (χ2v) is 5.10. The molecule has 0 saturated carbocycles. The van der Waals surface area contributed by atoms with Crippen molar-refractivity contribution in [3.05, 3.63) is 16.9 Å². The van der Waals surface area contributed by atoms with E-state index in [2.05, 4.69) is 36.1 Å². The van der Waals surface area contributed by atoms with Crippen molar-refractivity contribution in [1.82, 2.24) is 20.2 Å². The van der Waals surface area contributed by atoms with Crippen molar-refractivity contribution in [2.45, 2.75) is 6.04 Å². The number of nitrogens with zero attached hydrogens (tertiary/aromatic N) is 4. The van der Waals surface area contributed by atoms with E-state index in [0.717, 1.165) is 36.6 Å². The Kier molecular flexibility index (Phi) is 2.62. The Balaban J connectivity index is 1.61. The van der Waals surface area contributed by atoms with Gasteiger partial charge in [0, 0.05) is 38.6 Å². The number of hydrogen-bond acceptors (Lipinski definition) is 4. The highest BCUT2D eigenvalue weighted by Crippen LogP contribution is 2.21. The zero-order valence-electron chi connectivity index (χ0n) is 9.14. The normalized spacial score (nSPS) is 20.4. The first-order chi connectivity index (χ1) is 8.24. The molecule has 3 heterocycles. The van der Waals surface area contributed by atoms with Crippen LogP contribution in [0.15, 0.2) is 16.9 Å². The predicted octanol–water partition coefficient (Wildman–Crippen LogP) is 0.453. The second kappa shape index (κ2) is 4.14. The fourth-order valence-corrected chi connectivity index (χ4v) is 2.32. The number of nitrogens with one attached hydrogen (secondary N) is 1.